The maximum absolute atomic E-state index is 12.3. The Morgan fingerprint density at radius 3 is 2.74 bits per heavy atom. The third-order valence-electron chi connectivity index (χ3n) is 2.93. The fraction of sp³-hybridized carbons (Fsp3) is 0.0833. The smallest absolute Gasteiger partial charge is 0.269 e. The van der Waals surface area contributed by atoms with Crippen molar-refractivity contribution in [3.8, 4) is 0 Å². The molecule has 0 radical (unpaired) electrons. The molecule has 2 heterocycles. The van der Waals surface area contributed by atoms with Crippen LogP contribution < -0.4 is 5.73 Å². The Hall–Kier alpha value is -1.86. The van der Waals surface area contributed by atoms with E-state index in [-0.39, 0.29) is 17.0 Å². The molecule has 0 unspecified atom stereocenters. The van der Waals surface area contributed by atoms with Gasteiger partial charge in [0, 0.05) is 5.69 Å². The van der Waals surface area contributed by atoms with Crippen LogP contribution in [0.1, 0.15) is 15.9 Å². The topological polar surface area (TPSA) is 80.5 Å². The molecule has 1 aliphatic rings. The summed E-state index contributed by atoms with van der Waals surface area (Å²) in [7, 11) is -3.76. The molecule has 0 saturated heterocycles. The number of carbonyl (C=O) groups excluding carboxylic acids is 1. The number of sulfonamides is 1. The number of hydrogen-bond acceptors (Lipinski definition) is 5. The average Bonchev–Trinajstić information content (AvgIpc) is 2.92. The van der Waals surface area contributed by atoms with Gasteiger partial charge in [-0.15, -0.1) is 0 Å². The van der Waals surface area contributed by atoms with Gasteiger partial charge in [0.2, 0.25) is 0 Å². The first-order valence-corrected chi connectivity index (χ1v) is 7.86. The fourth-order valence-electron chi connectivity index (χ4n) is 2.01. The van der Waals surface area contributed by atoms with Crippen LogP contribution >= 0.6 is 11.3 Å². The monoisotopic (exact) mass is 294 g/mol. The zero-order valence-electron chi connectivity index (χ0n) is 9.74. The van der Waals surface area contributed by atoms with Crippen molar-refractivity contribution in [2.45, 2.75) is 11.4 Å². The van der Waals surface area contributed by atoms with Crippen molar-refractivity contribution in [2.24, 2.45) is 0 Å². The van der Waals surface area contributed by atoms with Gasteiger partial charge >= 0.3 is 0 Å². The number of nitrogens with two attached hydrogens (primary N) is 1. The summed E-state index contributed by atoms with van der Waals surface area (Å²) in [5, 5.41) is 3.66. The molecule has 0 aliphatic carbocycles. The maximum Gasteiger partial charge on any atom is 0.269 e. The van der Waals surface area contributed by atoms with Crippen LogP contribution in [0, 0.1) is 0 Å². The predicted molar refractivity (Wildman–Crippen MR) is 72.2 cm³/mol. The molecule has 5 nitrogen and oxygen atoms in total. The van der Waals surface area contributed by atoms with Gasteiger partial charge in [-0.25, -0.2) is 12.7 Å². The van der Waals surface area contributed by atoms with E-state index < -0.39 is 15.9 Å². The Balaban J connectivity index is 2.08. The summed E-state index contributed by atoms with van der Waals surface area (Å²) in [6.07, 6.45) is 0. The lowest BCUT2D eigenvalue weighted by atomic mass is 10.2. The Kier molecular flexibility index (Phi) is 2.61. The van der Waals surface area contributed by atoms with E-state index in [1.54, 1.807) is 6.07 Å². The van der Waals surface area contributed by atoms with E-state index >= 15 is 0 Å². The van der Waals surface area contributed by atoms with Crippen molar-refractivity contribution in [3.05, 3.63) is 46.2 Å². The summed E-state index contributed by atoms with van der Waals surface area (Å²) in [6.45, 7) is 0.0548. The molecule has 1 amide bonds. The first-order chi connectivity index (χ1) is 9.00. The van der Waals surface area contributed by atoms with Crippen molar-refractivity contribution < 1.29 is 13.2 Å². The molecule has 98 valence electrons. The SMILES string of the molecule is Nc1ccc2c(c1)C(=O)N(Cc1ccsc1)S2(=O)=O. The zero-order chi connectivity index (χ0) is 13.6. The minimum absolute atomic E-state index is 0.0296. The molecule has 1 aliphatic heterocycles. The zero-order valence-corrected chi connectivity index (χ0v) is 11.4. The first kappa shape index (κ1) is 12.2. The van der Waals surface area contributed by atoms with Crippen molar-refractivity contribution in [1.29, 1.82) is 0 Å². The van der Waals surface area contributed by atoms with Gasteiger partial charge in [-0.2, -0.15) is 11.3 Å². The Labute approximate surface area is 114 Å². The van der Waals surface area contributed by atoms with E-state index in [9.17, 15) is 13.2 Å². The Bertz CT molecular complexity index is 751. The highest BCUT2D eigenvalue weighted by Gasteiger charge is 2.41. The summed E-state index contributed by atoms with van der Waals surface area (Å²) in [5.74, 6) is -0.520. The highest BCUT2D eigenvalue weighted by atomic mass is 32.2. The van der Waals surface area contributed by atoms with E-state index in [0.717, 1.165) is 9.87 Å². The average molecular weight is 294 g/mol. The number of benzene rings is 1. The van der Waals surface area contributed by atoms with Gasteiger partial charge in [0.25, 0.3) is 15.9 Å². The molecule has 3 rings (SSSR count). The second-order valence-corrected chi connectivity index (χ2v) is 6.81. The van der Waals surface area contributed by atoms with Crippen molar-refractivity contribution >= 4 is 33.0 Å². The molecule has 0 saturated carbocycles. The Morgan fingerprint density at radius 2 is 2.05 bits per heavy atom. The van der Waals surface area contributed by atoms with Gasteiger partial charge in [-0.05, 0) is 40.6 Å². The third kappa shape index (κ3) is 1.82. The van der Waals surface area contributed by atoms with Gasteiger partial charge in [0.15, 0.2) is 0 Å². The standard InChI is InChI=1S/C12H10N2O3S2/c13-9-1-2-11-10(5-9)12(15)14(19(11,16)17)6-8-3-4-18-7-8/h1-5,7H,6,13H2. The third-order valence-corrected chi connectivity index (χ3v) is 5.45. The molecule has 19 heavy (non-hydrogen) atoms. The number of nitrogen functional groups attached to an aromatic ring is 1. The van der Waals surface area contributed by atoms with Gasteiger partial charge in [-0.1, -0.05) is 0 Å². The van der Waals surface area contributed by atoms with Crippen LogP contribution in [-0.2, 0) is 16.6 Å². The second-order valence-electron chi connectivity index (χ2n) is 4.20. The number of fused-ring (bicyclic) bond motifs is 1. The molecular formula is C12H10N2O3S2. The molecular weight excluding hydrogens is 284 g/mol. The van der Waals surface area contributed by atoms with E-state index in [1.165, 1.54) is 29.5 Å². The van der Waals surface area contributed by atoms with E-state index in [4.69, 9.17) is 5.73 Å². The number of anilines is 1. The van der Waals surface area contributed by atoms with Gasteiger partial charge in [0.1, 0.15) is 4.90 Å². The molecule has 2 N–H and O–H groups in total. The van der Waals surface area contributed by atoms with Crippen LogP contribution in [0.5, 0.6) is 0 Å². The van der Waals surface area contributed by atoms with E-state index in [0.29, 0.717) is 5.69 Å². The number of rotatable bonds is 2. The van der Waals surface area contributed by atoms with Crippen molar-refractivity contribution in [2.75, 3.05) is 5.73 Å². The number of hydrogen-bond donors (Lipinski definition) is 1. The minimum Gasteiger partial charge on any atom is -0.399 e. The number of nitrogens with zero attached hydrogens (tertiary/aromatic N) is 1. The van der Waals surface area contributed by atoms with Crippen LogP contribution in [-0.4, -0.2) is 18.6 Å². The molecule has 0 fully saturated rings. The fourth-order valence-corrected chi connectivity index (χ4v) is 4.20. The van der Waals surface area contributed by atoms with E-state index in [1.807, 2.05) is 10.8 Å². The molecule has 7 heteroatoms. The number of carbonyl (C=O) groups is 1. The normalized spacial score (nSPS) is 16.6. The van der Waals surface area contributed by atoms with E-state index in [2.05, 4.69) is 0 Å². The van der Waals surface area contributed by atoms with Gasteiger partial charge in [-0.3, -0.25) is 4.79 Å². The molecule has 2 aromatic rings. The highest BCUT2D eigenvalue weighted by molar-refractivity contribution is 7.90. The summed E-state index contributed by atoms with van der Waals surface area (Å²) >= 11 is 1.46. The van der Waals surface area contributed by atoms with Crippen molar-refractivity contribution in [1.82, 2.24) is 4.31 Å². The highest BCUT2D eigenvalue weighted by Crippen LogP contribution is 2.32. The van der Waals surface area contributed by atoms with Crippen LogP contribution in [0.2, 0.25) is 0 Å². The lowest BCUT2D eigenvalue weighted by Gasteiger charge is -2.13. The predicted octanol–water partition coefficient (Wildman–Crippen LogP) is 1.68. The Morgan fingerprint density at radius 1 is 1.26 bits per heavy atom. The molecule has 0 bridgehead atoms. The molecule has 0 spiro atoms. The number of amides is 1. The summed E-state index contributed by atoms with van der Waals surface area (Å²) < 4.78 is 25.5. The lowest BCUT2D eigenvalue weighted by Crippen LogP contribution is -2.29. The van der Waals surface area contributed by atoms with Crippen molar-refractivity contribution in [3.63, 3.8) is 0 Å². The summed E-state index contributed by atoms with van der Waals surface area (Å²) in [6, 6.07) is 6.07. The minimum atomic E-state index is -3.76. The summed E-state index contributed by atoms with van der Waals surface area (Å²) in [4.78, 5) is 12.2. The van der Waals surface area contributed by atoms with Crippen LogP contribution in [0.3, 0.4) is 0 Å². The maximum atomic E-state index is 12.3. The van der Waals surface area contributed by atoms with Crippen LogP contribution in [0.15, 0.2) is 39.9 Å². The molecule has 1 aromatic heterocycles. The van der Waals surface area contributed by atoms with Crippen LogP contribution in [0.25, 0.3) is 0 Å². The lowest BCUT2D eigenvalue weighted by molar-refractivity contribution is 0.0865. The quantitative estimate of drug-likeness (QED) is 0.854. The van der Waals surface area contributed by atoms with Crippen LogP contribution in [0.4, 0.5) is 5.69 Å². The number of thiophene rings is 1. The van der Waals surface area contributed by atoms with Gasteiger partial charge in [0.05, 0.1) is 12.1 Å². The second kappa shape index (κ2) is 4.07. The largest absolute Gasteiger partial charge is 0.399 e. The molecule has 0 atom stereocenters. The summed E-state index contributed by atoms with van der Waals surface area (Å²) in [5.41, 5.74) is 6.92. The van der Waals surface area contributed by atoms with Gasteiger partial charge < -0.3 is 5.73 Å². The molecule has 1 aromatic carbocycles. The first-order valence-electron chi connectivity index (χ1n) is 5.48.